The number of nitrogens with one attached hydrogen (secondary N) is 1. The maximum atomic E-state index is 5.97. The molecule has 0 aliphatic carbocycles. The molecule has 0 bridgehead atoms. The fraction of sp³-hybridized carbons (Fsp3) is 0.0909. The third kappa shape index (κ3) is 2.96. The Morgan fingerprint density at radius 2 is 1.72 bits per heavy atom. The summed E-state index contributed by atoms with van der Waals surface area (Å²) in [7, 11) is 1.60. The number of hydrogen-bond donors (Lipinski definition) is 1. The molecule has 2 aromatic rings. The van der Waals surface area contributed by atoms with Crippen molar-refractivity contribution >= 4 is 46.3 Å². The number of benzene rings is 1. The Bertz CT molecular complexity index is 560. The Morgan fingerprint density at radius 1 is 1.06 bits per heavy atom. The quantitative estimate of drug-likeness (QED) is 0.682. The molecule has 4 nitrogen and oxygen atoms in total. The first-order valence-electron chi connectivity index (χ1n) is 4.90. The van der Waals surface area contributed by atoms with E-state index in [4.69, 9.17) is 39.5 Å². The predicted molar refractivity (Wildman–Crippen MR) is 73.3 cm³/mol. The minimum Gasteiger partial charge on any atom is -0.497 e. The number of nitrogens with zero attached hydrogens (tertiary/aromatic N) is 2. The van der Waals surface area contributed by atoms with Gasteiger partial charge in [-0.1, -0.05) is 23.2 Å². The molecule has 0 spiro atoms. The minimum atomic E-state index is 0.0282. The Hall–Kier alpha value is -1.23. The van der Waals surface area contributed by atoms with E-state index in [0.29, 0.717) is 5.82 Å². The molecule has 0 fully saturated rings. The van der Waals surface area contributed by atoms with E-state index in [2.05, 4.69) is 15.3 Å². The molecule has 1 aromatic carbocycles. The Balaban J connectivity index is 2.27. The summed E-state index contributed by atoms with van der Waals surface area (Å²) in [6.07, 6.45) is 0. The van der Waals surface area contributed by atoms with E-state index >= 15 is 0 Å². The molecule has 0 aliphatic rings. The molecule has 94 valence electrons. The van der Waals surface area contributed by atoms with Gasteiger partial charge < -0.3 is 10.1 Å². The predicted octanol–water partition coefficient (Wildman–Crippen LogP) is 4.19. The SMILES string of the molecule is COc1ccc(Nc2nc(Cl)nc(Cl)c2Cl)cc1. The number of aromatic nitrogens is 2. The van der Waals surface area contributed by atoms with Gasteiger partial charge in [-0.15, -0.1) is 0 Å². The average molecular weight is 305 g/mol. The highest BCUT2D eigenvalue weighted by Gasteiger charge is 2.10. The first kappa shape index (κ1) is 13.2. The number of ether oxygens (including phenoxy) is 1. The van der Waals surface area contributed by atoms with Crippen LogP contribution in [-0.2, 0) is 0 Å². The van der Waals surface area contributed by atoms with Crippen LogP contribution in [0.3, 0.4) is 0 Å². The van der Waals surface area contributed by atoms with Crippen molar-refractivity contribution in [2.45, 2.75) is 0 Å². The van der Waals surface area contributed by atoms with Gasteiger partial charge in [0.05, 0.1) is 7.11 Å². The van der Waals surface area contributed by atoms with Crippen LogP contribution in [0.2, 0.25) is 15.5 Å². The third-order valence-electron chi connectivity index (χ3n) is 2.14. The monoisotopic (exact) mass is 303 g/mol. The van der Waals surface area contributed by atoms with Crippen molar-refractivity contribution in [3.63, 3.8) is 0 Å². The summed E-state index contributed by atoms with van der Waals surface area (Å²) in [4.78, 5) is 7.70. The van der Waals surface area contributed by atoms with Crippen molar-refractivity contribution in [1.82, 2.24) is 9.97 Å². The van der Waals surface area contributed by atoms with E-state index in [0.717, 1.165) is 11.4 Å². The van der Waals surface area contributed by atoms with Gasteiger partial charge in [-0.2, -0.15) is 4.98 Å². The molecule has 1 aromatic heterocycles. The Kier molecular flexibility index (Phi) is 4.11. The number of hydrogen-bond acceptors (Lipinski definition) is 4. The summed E-state index contributed by atoms with van der Waals surface area (Å²) in [6, 6.07) is 7.25. The standard InChI is InChI=1S/C11H8Cl3N3O/c1-18-7-4-2-6(3-5-7)15-10-8(12)9(13)16-11(14)17-10/h2-5H,1H3,(H,15,16,17). The van der Waals surface area contributed by atoms with Crippen molar-refractivity contribution < 1.29 is 4.74 Å². The molecule has 0 saturated heterocycles. The van der Waals surface area contributed by atoms with E-state index in [1.54, 1.807) is 19.2 Å². The largest absolute Gasteiger partial charge is 0.497 e. The molecule has 0 aliphatic heterocycles. The lowest BCUT2D eigenvalue weighted by Crippen LogP contribution is -1.97. The van der Waals surface area contributed by atoms with Crippen molar-refractivity contribution in [1.29, 1.82) is 0 Å². The van der Waals surface area contributed by atoms with Crippen LogP contribution in [0.1, 0.15) is 0 Å². The molecule has 18 heavy (non-hydrogen) atoms. The van der Waals surface area contributed by atoms with Gasteiger partial charge in [0, 0.05) is 5.69 Å². The van der Waals surface area contributed by atoms with Gasteiger partial charge >= 0.3 is 0 Å². The van der Waals surface area contributed by atoms with Crippen LogP contribution in [0.4, 0.5) is 11.5 Å². The van der Waals surface area contributed by atoms with Crippen molar-refractivity contribution in [2.24, 2.45) is 0 Å². The van der Waals surface area contributed by atoms with Crippen LogP contribution < -0.4 is 10.1 Å². The molecule has 1 heterocycles. The second-order valence-electron chi connectivity index (χ2n) is 3.30. The molecule has 0 radical (unpaired) electrons. The molecule has 1 N–H and O–H groups in total. The van der Waals surface area contributed by atoms with Crippen LogP contribution in [0.5, 0.6) is 5.75 Å². The summed E-state index contributed by atoms with van der Waals surface area (Å²) < 4.78 is 5.06. The zero-order chi connectivity index (χ0) is 13.1. The zero-order valence-electron chi connectivity index (χ0n) is 9.25. The Morgan fingerprint density at radius 3 is 2.33 bits per heavy atom. The molecule has 2 rings (SSSR count). The van der Waals surface area contributed by atoms with Crippen LogP contribution in [-0.4, -0.2) is 17.1 Å². The van der Waals surface area contributed by atoms with Crippen molar-refractivity contribution in [3.05, 3.63) is 39.7 Å². The highest BCUT2D eigenvalue weighted by atomic mass is 35.5. The normalized spacial score (nSPS) is 10.2. The van der Waals surface area contributed by atoms with Gasteiger partial charge in [-0.3, -0.25) is 0 Å². The second kappa shape index (κ2) is 5.61. The van der Waals surface area contributed by atoms with Gasteiger partial charge in [0.2, 0.25) is 5.28 Å². The molecule has 7 heteroatoms. The first-order valence-corrected chi connectivity index (χ1v) is 6.03. The van der Waals surface area contributed by atoms with E-state index in [-0.39, 0.29) is 15.5 Å². The summed E-state index contributed by atoms with van der Waals surface area (Å²) in [6.45, 7) is 0. The first-order chi connectivity index (χ1) is 8.60. The molecular weight excluding hydrogens is 297 g/mol. The second-order valence-corrected chi connectivity index (χ2v) is 4.37. The highest BCUT2D eigenvalue weighted by molar-refractivity contribution is 6.43. The summed E-state index contributed by atoms with van der Waals surface area (Å²) in [5.41, 5.74) is 0.781. The van der Waals surface area contributed by atoms with Gasteiger partial charge in [0.15, 0.2) is 11.0 Å². The van der Waals surface area contributed by atoms with Crippen LogP contribution >= 0.6 is 34.8 Å². The number of anilines is 2. The fourth-order valence-corrected chi connectivity index (χ4v) is 1.80. The summed E-state index contributed by atoms with van der Waals surface area (Å²) in [5.74, 6) is 1.11. The average Bonchev–Trinajstić information content (AvgIpc) is 2.36. The molecule has 0 unspecified atom stereocenters. The summed E-state index contributed by atoms with van der Waals surface area (Å²) in [5, 5.41) is 3.35. The zero-order valence-corrected chi connectivity index (χ0v) is 11.5. The van der Waals surface area contributed by atoms with Crippen molar-refractivity contribution in [2.75, 3.05) is 12.4 Å². The highest BCUT2D eigenvalue weighted by Crippen LogP contribution is 2.30. The van der Waals surface area contributed by atoms with E-state index in [1.165, 1.54) is 0 Å². The maximum absolute atomic E-state index is 5.97. The minimum absolute atomic E-state index is 0.0282. The van der Waals surface area contributed by atoms with Crippen LogP contribution in [0, 0.1) is 0 Å². The van der Waals surface area contributed by atoms with Gasteiger partial charge in [0.25, 0.3) is 0 Å². The van der Waals surface area contributed by atoms with E-state index in [1.807, 2.05) is 12.1 Å². The van der Waals surface area contributed by atoms with E-state index < -0.39 is 0 Å². The van der Waals surface area contributed by atoms with E-state index in [9.17, 15) is 0 Å². The molecular formula is C11H8Cl3N3O. The van der Waals surface area contributed by atoms with Gasteiger partial charge in [0.1, 0.15) is 10.8 Å². The third-order valence-corrected chi connectivity index (χ3v) is 3.03. The lowest BCUT2D eigenvalue weighted by Gasteiger charge is -2.09. The molecule has 0 saturated carbocycles. The number of halogens is 3. The molecule has 0 atom stereocenters. The number of methoxy groups -OCH3 is 1. The van der Waals surface area contributed by atoms with Crippen LogP contribution in [0.25, 0.3) is 0 Å². The Labute approximate surface area is 119 Å². The molecule has 0 amide bonds. The smallest absolute Gasteiger partial charge is 0.225 e. The van der Waals surface area contributed by atoms with Gasteiger partial charge in [-0.05, 0) is 35.9 Å². The maximum Gasteiger partial charge on any atom is 0.225 e. The fourth-order valence-electron chi connectivity index (χ4n) is 1.29. The van der Waals surface area contributed by atoms with Gasteiger partial charge in [-0.25, -0.2) is 4.98 Å². The number of rotatable bonds is 3. The lowest BCUT2D eigenvalue weighted by atomic mass is 10.3. The topological polar surface area (TPSA) is 47.0 Å². The van der Waals surface area contributed by atoms with Crippen LogP contribution in [0.15, 0.2) is 24.3 Å². The summed E-state index contributed by atoms with van der Waals surface area (Å²) >= 11 is 17.5. The lowest BCUT2D eigenvalue weighted by molar-refractivity contribution is 0.415. The van der Waals surface area contributed by atoms with Crippen molar-refractivity contribution in [3.8, 4) is 5.75 Å².